The Hall–Kier alpha value is -1.93. The summed E-state index contributed by atoms with van der Waals surface area (Å²) in [6.45, 7) is 0.435. The Kier molecular flexibility index (Phi) is 5.96. The van der Waals surface area contributed by atoms with Gasteiger partial charge in [0.25, 0.3) is 5.91 Å². The smallest absolute Gasteiger partial charge is 0.260 e. The van der Waals surface area contributed by atoms with E-state index in [2.05, 4.69) is 15.5 Å². The first kappa shape index (κ1) is 19.4. The molecule has 0 unspecified atom stereocenters. The normalized spacial score (nSPS) is 21.1. The number of aromatic nitrogens is 4. The van der Waals surface area contributed by atoms with Gasteiger partial charge in [-0.15, -0.1) is 5.10 Å². The molecular weight excluding hydrogens is 398 g/mol. The molecule has 1 aromatic heterocycles. The third kappa shape index (κ3) is 4.07. The summed E-state index contributed by atoms with van der Waals surface area (Å²) < 4.78 is 1.86. The maximum Gasteiger partial charge on any atom is 0.260 e. The summed E-state index contributed by atoms with van der Waals surface area (Å²) in [5.41, 5.74) is 0.471. The monoisotopic (exact) mass is 419 g/mol. The molecule has 1 saturated heterocycles. The lowest BCUT2D eigenvalue weighted by atomic mass is 10.2. The first-order valence-corrected chi connectivity index (χ1v) is 10.9. The number of hydrogen-bond acceptors (Lipinski definition) is 6. The molecule has 1 atom stereocenters. The molecule has 9 heteroatoms. The molecule has 1 aliphatic heterocycles. The number of tetrazole rings is 1. The van der Waals surface area contributed by atoms with E-state index in [1.165, 1.54) is 29.5 Å². The summed E-state index contributed by atoms with van der Waals surface area (Å²) in [6.07, 6.45) is 6.90. The fourth-order valence-corrected chi connectivity index (χ4v) is 5.10. The Labute approximate surface area is 172 Å². The molecule has 4 rings (SSSR count). The lowest BCUT2D eigenvalue weighted by Crippen LogP contribution is -2.41. The van der Waals surface area contributed by atoms with Gasteiger partial charge in [0, 0.05) is 17.1 Å². The minimum absolute atomic E-state index is 0.163. The highest BCUT2D eigenvalue weighted by Gasteiger charge is 2.34. The van der Waals surface area contributed by atoms with Gasteiger partial charge in [0.1, 0.15) is 0 Å². The second-order valence-electron chi connectivity index (χ2n) is 7.25. The van der Waals surface area contributed by atoms with Crippen LogP contribution < -0.4 is 0 Å². The summed E-state index contributed by atoms with van der Waals surface area (Å²) in [4.78, 5) is 27.4. The van der Waals surface area contributed by atoms with Crippen molar-refractivity contribution in [2.24, 2.45) is 0 Å². The van der Waals surface area contributed by atoms with E-state index < -0.39 is 0 Å². The van der Waals surface area contributed by atoms with Crippen molar-refractivity contribution < 1.29 is 9.59 Å². The number of halogens is 1. The van der Waals surface area contributed by atoms with Crippen molar-refractivity contribution in [2.75, 3.05) is 6.54 Å². The van der Waals surface area contributed by atoms with E-state index in [4.69, 9.17) is 11.6 Å². The van der Waals surface area contributed by atoms with E-state index in [1.54, 1.807) is 24.3 Å². The van der Waals surface area contributed by atoms with Gasteiger partial charge < -0.3 is 0 Å². The molecule has 2 aromatic rings. The number of nitrogens with zero attached hydrogens (tertiary/aromatic N) is 5. The van der Waals surface area contributed by atoms with Gasteiger partial charge >= 0.3 is 0 Å². The Morgan fingerprint density at radius 2 is 1.79 bits per heavy atom. The first-order chi connectivity index (χ1) is 13.6. The standard InChI is InChI=1S/C19H22ClN5O2S/c20-14-10-8-13(9-11-14)17(26)24-12-4-3-7-16(18(24)27)28-19-21-22-23-25(19)15-5-1-2-6-15/h8-11,15-16H,1-7,12H2/t16-/m0/s1. The van der Waals surface area contributed by atoms with Gasteiger partial charge in [0.2, 0.25) is 11.1 Å². The summed E-state index contributed by atoms with van der Waals surface area (Å²) in [5, 5.41) is 13.0. The second-order valence-corrected chi connectivity index (χ2v) is 8.85. The highest BCUT2D eigenvalue weighted by atomic mass is 35.5. The number of hydrogen-bond donors (Lipinski definition) is 0. The minimum atomic E-state index is -0.357. The summed E-state index contributed by atoms with van der Waals surface area (Å²) in [6, 6.07) is 6.96. The number of amides is 2. The number of benzene rings is 1. The van der Waals surface area contributed by atoms with Crippen LogP contribution in [0.2, 0.25) is 5.02 Å². The van der Waals surface area contributed by atoms with Crippen LogP contribution in [0.1, 0.15) is 61.3 Å². The van der Waals surface area contributed by atoms with Crippen molar-refractivity contribution in [3.05, 3.63) is 34.9 Å². The van der Waals surface area contributed by atoms with E-state index >= 15 is 0 Å². The number of rotatable bonds is 4. The van der Waals surface area contributed by atoms with E-state index in [0.29, 0.717) is 34.7 Å². The molecule has 7 nitrogen and oxygen atoms in total. The Morgan fingerprint density at radius 1 is 1.07 bits per heavy atom. The van der Waals surface area contributed by atoms with Crippen LogP contribution in [0.15, 0.2) is 29.4 Å². The molecule has 2 heterocycles. The minimum Gasteiger partial charge on any atom is -0.278 e. The molecule has 1 saturated carbocycles. The van der Waals surface area contributed by atoms with Crippen molar-refractivity contribution in [1.82, 2.24) is 25.1 Å². The molecule has 0 spiro atoms. The highest BCUT2D eigenvalue weighted by molar-refractivity contribution is 8.00. The zero-order chi connectivity index (χ0) is 19.5. The van der Waals surface area contributed by atoms with Crippen LogP contribution in [0.3, 0.4) is 0 Å². The van der Waals surface area contributed by atoms with E-state index in [1.807, 2.05) is 4.68 Å². The summed E-state index contributed by atoms with van der Waals surface area (Å²) in [5.74, 6) is -0.437. The molecule has 0 N–H and O–H groups in total. The third-order valence-electron chi connectivity index (χ3n) is 5.36. The highest BCUT2D eigenvalue weighted by Crippen LogP contribution is 2.34. The number of carbonyl (C=O) groups excluding carboxylic acids is 2. The predicted octanol–water partition coefficient (Wildman–Crippen LogP) is 3.76. The third-order valence-corrected chi connectivity index (χ3v) is 6.81. The molecule has 0 radical (unpaired) electrons. The van der Waals surface area contributed by atoms with E-state index in [-0.39, 0.29) is 17.1 Å². The van der Waals surface area contributed by atoms with Crippen LogP contribution in [0.25, 0.3) is 0 Å². The zero-order valence-electron chi connectivity index (χ0n) is 15.5. The molecule has 1 aromatic carbocycles. The number of imide groups is 1. The van der Waals surface area contributed by atoms with Crippen molar-refractivity contribution in [1.29, 1.82) is 0 Å². The molecule has 2 amide bonds. The Bertz CT molecular complexity index is 850. The number of likely N-dealkylation sites (tertiary alicyclic amines) is 1. The quantitative estimate of drug-likeness (QED) is 0.702. The first-order valence-electron chi connectivity index (χ1n) is 9.69. The van der Waals surface area contributed by atoms with Gasteiger partial charge in [0.15, 0.2) is 0 Å². The summed E-state index contributed by atoms with van der Waals surface area (Å²) >= 11 is 7.30. The molecule has 2 fully saturated rings. The summed E-state index contributed by atoms with van der Waals surface area (Å²) in [7, 11) is 0. The molecule has 1 aliphatic carbocycles. The van der Waals surface area contributed by atoms with Crippen LogP contribution in [0, 0.1) is 0 Å². The van der Waals surface area contributed by atoms with Crippen molar-refractivity contribution in [2.45, 2.75) is 61.4 Å². The van der Waals surface area contributed by atoms with Gasteiger partial charge in [0.05, 0.1) is 11.3 Å². The van der Waals surface area contributed by atoms with Crippen molar-refractivity contribution in [3.63, 3.8) is 0 Å². The number of carbonyl (C=O) groups is 2. The molecule has 2 aliphatic rings. The maximum absolute atomic E-state index is 13.2. The van der Waals surface area contributed by atoms with E-state index in [0.717, 1.165) is 25.7 Å². The average Bonchev–Trinajstić information content (AvgIpc) is 3.34. The fraction of sp³-hybridized carbons (Fsp3) is 0.526. The van der Waals surface area contributed by atoms with Gasteiger partial charge in [-0.2, -0.15) is 0 Å². The van der Waals surface area contributed by atoms with Gasteiger partial charge in [-0.3, -0.25) is 14.5 Å². The second kappa shape index (κ2) is 8.61. The molecular formula is C19H22ClN5O2S. The van der Waals surface area contributed by atoms with Crippen LogP contribution in [-0.4, -0.2) is 48.7 Å². The lowest BCUT2D eigenvalue weighted by molar-refractivity contribution is -0.127. The van der Waals surface area contributed by atoms with Crippen LogP contribution in [-0.2, 0) is 4.79 Å². The van der Waals surface area contributed by atoms with Crippen LogP contribution in [0.5, 0.6) is 0 Å². The van der Waals surface area contributed by atoms with Crippen LogP contribution >= 0.6 is 23.4 Å². The zero-order valence-corrected chi connectivity index (χ0v) is 17.0. The fourth-order valence-electron chi connectivity index (χ4n) is 3.83. The Morgan fingerprint density at radius 3 is 2.54 bits per heavy atom. The largest absolute Gasteiger partial charge is 0.278 e. The molecule has 0 bridgehead atoms. The molecule has 148 valence electrons. The van der Waals surface area contributed by atoms with Crippen molar-refractivity contribution >= 4 is 35.2 Å². The van der Waals surface area contributed by atoms with E-state index in [9.17, 15) is 9.59 Å². The van der Waals surface area contributed by atoms with Gasteiger partial charge in [-0.1, -0.05) is 42.6 Å². The Balaban J connectivity index is 1.52. The lowest BCUT2D eigenvalue weighted by Gasteiger charge is -2.22. The average molecular weight is 420 g/mol. The van der Waals surface area contributed by atoms with Gasteiger partial charge in [-0.05, 0) is 60.4 Å². The topological polar surface area (TPSA) is 81.0 Å². The van der Waals surface area contributed by atoms with Crippen molar-refractivity contribution in [3.8, 4) is 0 Å². The number of thioether (sulfide) groups is 1. The maximum atomic E-state index is 13.2. The SMILES string of the molecule is O=C(c1ccc(Cl)cc1)N1CCCC[C@H](Sc2nnnn2C2CCCC2)C1=O. The molecule has 28 heavy (non-hydrogen) atoms. The van der Waals surface area contributed by atoms with Gasteiger partial charge in [-0.25, -0.2) is 4.68 Å². The predicted molar refractivity (Wildman–Crippen MR) is 106 cm³/mol. The van der Waals surface area contributed by atoms with Crippen LogP contribution in [0.4, 0.5) is 0 Å².